The number of hydrogen-bond donors (Lipinski definition) is 1. The molecule has 0 saturated heterocycles. The molecule has 0 aromatic heterocycles. The van der Waals surface area contributed by atoms with Gasteiger partial charge < -0.3 is 15.4 Å². The number of hydrogen-bond acceptors (Lipinski definition) is 3. The van der Waals surface area contributed by atoms with Crippen LogP contribution in [-0.2, 0) is 4.74 Å². The van der Waals surface area contributed by atoms with Gasteiger partial charge in [0, 0.05) is 13.2 Å². The van der Waals surface area contributed by atoms with Gasteiger partial charge in [-0.25, -0.2) is 0 Å². The lowest BCUT2D eigenvalue weighted by atomic mass is 9.76. The zero-order valence-electron chi connectivity index (χ0n) is 13.2. The molecule has 0 aromatic carbocycles. The SMILES string of the molecule is CCOCCN(C)CCCC(CCN)C(C)(C)C. The fourth-order valence-corrected chi connectivity index (χ4v) is 2.30. The van der Waals surface area contributed by atoms with Gasteiger partial charge in [0.15, 0.2) is 0 Å². The molecule has 2 N–H and O–H groups in total. The lowest BCUT2D eigenvalue weighted by Gasteiger charge is -2.31. The van der Waals surface area contributed by atoms with Gasteiger partial charge in [-0.2, -0.15) is 0 Å². The van der Waals surface area contributed by atoms with Crippen LogP contribution in [0.1, 0.15) is 47.0 Å². The van der Waals surface area contributed by atoms with Crippen molar-refractivity contribution in [2.75, 3.05) is 39.9 Å². The number of ether oxygens (including phenoxy) is 1. The largest absolute Gasteiger partial charge is 0.380 e. The zero-order valence-corrected chi connectivity index (χ0v) is 13.2. The minimum Gasteiger partial charge on any atom is -0.380 e. The Morgan fingerprint density at radius 3 is 2.33 bits per heavy atom. The first-order valence-electron chi connectivity index (χ1n) is 7.38. The van der Waals surface area contributed by atoms with Gasteiger partial charge >= 0.3 is 0 Å². The van der Waals surface area contributed by atoms with Crippen LogP contribution in [-0.4, -0.2) is 44.8 Å². The molecule has 0 aliphatic rings. The van der Waals surface area contributed by atoms with E-state index in [0.29, 0.717) is 5.41 Å². The highest BCUT2D eigenvalue weighted by molar-refractivity contribution is 4.74. The lowest BCUT2D eigenvalue weighted by Crippen LogP contribution is -2.27. The molecule has 1 atom stereocenters. The second-order valence-electron chi connectivity index (χ2n) is 6.28. The maximum atomic E-state index is 5.71. The smallest absolute Gasteiger partial charge is 0.0593 e. The van der Waals surface area contributed by atoms with Crippen molar-refractivity contribution >= 4 is 0 Å². The summed E-state index contributed by atoms with van der Waals surface area (Å²) >= 11 is 0. The van der Waals surface area contributed by atoms with Crippen LogP contribution in [0.3, 0.4) is 0 Å². The Morgan fingerprint density at radius 1 is 1.17 bits per heavy atom. The van der Waals surface area contributed by atoms with E-state index < -0.39 is 0 Å². The quantitative estimate of drug-likeness (QED) is 0.612. The maximum absolute atomic E-state index is 5.71. The second kappa shape index (κ2) is 9.76. The highest BCUT2D eigenvalue weighted by Crippen LogP contribution is 2.31. The standard InChI is InChI=1S/C15H34N2O/c1-6-18-13-12-17(5)11-7-8-14(9-10-16)15(2,3)4/h14H,6-13,16H2,1-5H3. The third-order valence-corrected chi connectivity index (χ3v) is 3.65. The second-order valence-corrected chi connectivity index (χ2v) is 6.28. The van der Waals surface area contributed by atoms with E-state index in [1.165, 1.54) is 12.8 Å². The fourth-order valence-electron chi connectivity index (χ4n) is 2.30. The summed E-state index contributed by atoms with van der Waals surface area (Å²) in [6.45, 7) is 13.7. The Hall–Kier alpha value is -0.120. The van der Waals surface area contributed by atoms with Crippen molar-refractivity contribution in [2.24, 2.45) is 17.1 Å². The Morgan fingerprint density at radius 2 is 1.83 bits per heavy atom. The van der Waals surface area contributed by atoms with E-state index in [2.05, 4.69) is 32.7 Å². The molecular formula is C15H34N2O. The monoisotopic (exact) mass is 258 g/mol. The first-order chi connectivity index (χ1) is 8.41. The van der Waals surface area contributed by atoms with Gasteiger partial charge in [0.1, 0.15) is 0 Å². The van der Waals surface area contributed by atoms with Crippen LogP contribution in [0, 0.1) is 11.3 Å². The van der Waals surface area contributed by atoms with Crippen molar-refractivity contribution < 1.29 is 4.74 Å². The molecule has 110 valence electrons. The molecule has 0 bridgehead atoms. The van der Waals surface area contributed by atoms with Crippen LogP contribution < -0.4 is 5.73 Å². The summed E-state index contributed by atoms with van der Waals surface area (Å²) in [4.78, 5) is 2.36. The Balaban J connectivity index is 3.78. The van der Waals surface area contributed by atoms with E-state index in [0.717, 1.165) is 45.2 Å². The third kappa shape index (κ3) is 8.90. The topological polar surface area (TPSA) is 38.5 Å². The highest BCUT2D eigenvalue weighted by atomic mass is 16.5. The van der Waals surface area contributed by atoms with Crippen LogP contribution in [0.2, 0.25) is 0 Å². The third-order valence-electron chi connectivity index (χ3n) is 3.65. The molecule has 1 unspecified atom stereocenters. The van der Waals surface area contributed by atoms with Crippen molar-refractivity contribution in [3.63, 3.8) is 0 Å². The molecule has 0 radical (unpaired) electrons. The van der Waals surface area contributed by atoms with Gasteiger partial charge in [-0.15, -0.1) is 0 Å². The van der Waals surface area contributed by atoms with Crippen molar-refractivity contribution in [1.82, 2.24) is 4.90 Å². The number of nitrogens with two attached hydrogens (primary N) is 1. The summed E-state index contributed by atoms with van der Waals surface area (Å²) in [6.07, 6.45) is 3.68. The van der Waals surface area contributed by atoms with Gasteiger partial charge in [0.05, 0.1) is 6.61 Å². The summed E-state index contributed by atoms with van der Waals surface area (Å²) in [5, 5.41) is 0. The van der Waals surface area contributed by atoms with Crippen LogP contribution >= 0.6 is 0 Å². The van der Waals surface area contributed by atoms with E-state index in [9.17, 15) is 0 Å². The zero-order chi connectivity index (χ0) is 14.0. The van der Waals surface area contributed by atoms with Crippen LogP contribution in [0.15, 0.2) is 0 Å². The molecular weight excluding hydrogens is 224 g/mol. The number of rotatable bonds is 10. The van der Waals surface area contributed by atoms with Crippen molar-refractivity contribution in [2.45, 2.75) is 47.0 Å². The van der Waals surface area contributed by atoms with Crippen molar-refractivity contribution in [1.29, 1.82) is 0 Å². The maximum Gasteiger partial charge on any atom is 0.0593 e. The number of likely N-dealkylation sites (N-methyl/N-ethyl adjacent to an activating group) is 1. The van der Waals surface area contributed by atoms with Gasteiger partial charge in [-0.05, 0) is 57.7 Å². The molecule has 0 amide bonds. The Bertz CT molecular complexity index is 189. The first-order valence-corrected chi connectivity index (χ1v) is 7.38. The molecule has 3 nitrogen and oxygen atoms in total. The molecule has 0 saturated carbocycles. The molecule has 0 aromatic rings. The fraction of sp³-hybridized carbons (Fsp3) is 1.00. The summed E-state index contributed by atoms with van der Waals surface area (Å²) in [6, 6.07) is 0. The molecule has 18 heavy (non-hydrogen) atoms. The highest BCUT2D eigenvalue weighted by Gasteiger charge is 2.23. The molecule has 0 heterocycles. The van der Waals surface area contributed by atoms with Crippen LogP contribution in [0.5, 0.6) is 0 Å². The van der Waals surface area contributed by atoms with Gasteiger partial charge in [-0.1, -0.05) is 20.8 Å². The summed E-state index contributed by atoms with van der Waals surface area (Å²) in [7, 11) is 2.17. The Kier molecular flexibility index (Phi) is 9.70. The molecule has 3 heteroatoms. The predicted molar refractivity (Wildman–Crippen MR) is 79.8 cm³/mol. The van der Waals surface area contributed by atoms with E-state index in [-0.39, 0.29) is 0 Å². The van der Waals surface area contributed by atoms with Crippen LogP contribution in [0.4, 0.5) is 0 Å². The summed E-state index contributed by atoms with van der Waals surface area (Å²) in [5.74, 6) is 0.739. The minimum absolute atomic E-state index is 0.378. The van der Waals surface area contributed by atoms with Gasteiger partial charge in [-0.3, -0.25) is 0 Å². The minimum atomic E-state index is 0.378. The predicted octanol–water partition coefficient (Wildman–Crippen LogP) is 2.75. The summed E-state index contributed by atoms with van der Waals surface area (Å²) in [5.41, 5.74) is 6.09. The average Bonchev–Trinajstić information content (AvgIpc) is 2.27. The van der Waals surface area contributed by atoms with Crippen molar-refractivity contribution in [3.05, 3.63) is 0 Å². The molecule has 0 rings (SSSR count). The molecule has 0 aliphatic carbocycles. The van der Waals surface area contributed by atoms with E-state index in [1.807, 2.05) is 6.92 Å². The lowest BCUT2D eigenvalue weighted by molar-refractivity contribution is 0.119. The normalized spacial score (nSPS) is 14.2. The first kappa shape index (κ1) is 17.9. The van der Waals surface area contributed by atoms with E-state index in [4.69, 9.17) is 10.5 Å². The molecule has 0 aliphatic heterocycles. The molecule has 0 spiro atoms. The summed E-state index contributed by atoms with van der Waals surface area (Å²) < 4.78 is 5.37. The average molecular weight is 258 g/mol. The van der Waals surface area contributed by atoms with E-state index in [1.54, 1.807) is 0 Å². The van der Waals surface area contributed by atoms with Gasteiger partial charge in [0.25, 0.3) is 0 Å². The van der Waals surface area contributed by atoms with E-state index >= 15 is 0 Å². The number of nitrogens with zero attached hydrogens (tertiary/aromatic N) is 1. The van der Waals surface area contributed by atoms with Gasteiger partial charge in [0.2, 0.25) is 0 Å². The Labute approximate surface area is 114 Å². The molecule has 0 fully saturated rings. The van der Waals surface area contributed by atoms with Crippen molar-refractivity contribution in [3.8, 4) is 0 Å². The van der Waals surface area contributed by atoms with Crippen LogP contribution in [0.25, 0.3) is 0 Å².